The molecule has 4 nitrogen and oxygen atoms in total. The Morgan fingerprint density at radius 2 is 2.14 bits per heavy atom. The second-order valence-corrected chi connectivity index (χ2v) is 5.45. The predicted octanol–water partition coefficient (Wildman–Crippen LogP) is 2.89. The topological polar surface area (TPSA) is 62.1 Å². The molecule has 118 valence electrons. The number of alkyl halides is 3. The van der Waals surface area contributed by atoms with Crippen LogP contribution in [0.1, 0.15) is 25.3 Å². The monoisotopic (exact) mass is 312 g/mol. The number of carbonyl (C=O) groups excluding carboxylic acids is 1. The van der Waals surface area contributed by atoms with Crippen LogP contribution in [0.2, 0.25) is 0 Å². The Morgan fingerprint density at radius 3 is 2.68 bits per heavy atom. The Morgan fingerprint density at radius 1 is 1.45 bits per heavy atom. The van der Waals surface area contributed by atoms with Gasteiger partial charge in [-0.15, -0.1) is 0 Å². The molecular weight excluding hydrogens is 297 g/mol. The first kappa shape index (κ1) is 16.1. The maximum atomic E-state index is 12.6. The molecule has 1 aromatic rings. The third-order valence-electron chi connectivity index (χ3n) is 3.56. The summed E-state index contributed by atoms with van der Waals surface area (Å²) < 4.78 is 42.8. The molecule has 1 atom stereocenters. The zero-order valence-corrected chi connectivity index (χ0v) is 11.9. The molecular formula is C15H15F3N2O2. The van der Waals surface area contributed by atoms with E-state index in [2.05, 4.69) is 11.4 Å². The highest BCUT2D eigenvalue weighted by Gasteiger charge is 2.43. The highest BCUT2D eigenvalue weighted by atomic mass is 19.4. The molecule has 1 fully saturated rings. The number of carbonyl (C=O) groups is 1. The number of ether oxygens (including phenoxy) is 1. The number of nitrogens with zero attached hydrogens (tertiary/aromatic N) is 1. The van der Waals surface area contributed by atoms with Crippen LogP contribution < -0.4 is 10.1 Å². The molecule has 0 aliphatic heterocycles. The Labute approximate surface area is 125 Å². The zero-order valence-electron chi connectivity index (χ0n) is 11.9. The fourth-order valence-electron chi connectivity index (χ4n) is 2.12. The first-order chi connectivity index (χ1) is 10.2. The quantitative estimate of drug-likeness (QED) is 0.909. The van der Waals surface area contributed by atoms with E-state index in [1.165, 1.54) is 12.1 Å². The van der Waals surface area contributed by atoms with Crippen LogP contribution in [0.5, 0.6) is 5.75 Å². The second-order valence-electron chi connectivity index (χ2n) is 5.45. The molecule has 1 N–H and O–H groups in total. The van der Waals surface area contributed by atoms with Gasteiger partial charge >= 0.3 is 6.18 Å². The van der Waals surface area contributed by atoms with E-state index in [0.717, 1.165) is 25.0 Å². The van der Waals surface area contributed by atoms with Gasteiger partial charge in [0.15, 0.2) is 6.61 Å². The van der Waals surface area contributed by atoms with Gasteiger partial charge in [0.05, 0.1) is 11.6 Å². The summed E-state index contributed by atoms with van der Waals surface area (Å²) in [5.74, 6) is -0.460. The van der Waals surface area contributed by atoms with Crippen LogP contribution >= 0.6 is 0 Å². The molecule has 22 heavy (non-hydrogen) atoms. The Bertz CT molecular complexity index is 606. The molecule has 1 aliphatic rings. The predicted molar refractivity (Wildman–Crippen MR) is 71.8 cm³/mol. The van der Waals surface area contributed by atoms with E-state index in [1.54, 1.807) is 6.92 Å². The van der Waals surface area contributed by atoms with Crippen LogP contribution in [-0.2, 0) is 11.0 Å². The van der Waals surface area contributed by atoms with Crippen molar-refractivity contribution in [3.8, 4) is 11.8 Å². The van der Waals surface area contributed by atoms with Crippen LogP contribution in [0.4, 0.5) is 13.2 Å². The molecule has 2 rings (SSSR count). The van der Waals surface area contributed by atoms with Gasteiger partial charge in [-0.1, -0.05) is 6.07 Å². The first-order valence-corrected chi connectivity index (χ1v) is 6.77. The van der Waals surface area contributed by atoms with E-state index in [4.69, 9.17) is 10.00 Å². The zero-order chi connectivity index (χ0) is 16.4. The van der Waals surface area contributed by atoms with Crippen molar-refractivity contribution in [1.29, 1.82) is 5.26 Å². The van der Waals surface area contributed by atoms with Crippen LogP contribution in [0.25, 0.3) is 0 Å². The van der Waals surface area contributed by atoms with E-state index in [-0.39, 0.29) is 11.7 Å². The molecule has 0 saturated heterocycles. The molecule has 1 saturated carbocycles. The van der Waals surface area contributed by atoms with Crippen molar-refractivity contribution >= 4 is 5.91 Å². The molecule has 0 radical (unpaired) electrons. The third kappa shape index (κ3) is 3.91. The van der Waals surface area contributed by atoms with Crippen molar-refractivity contribution in [2.75, 3.05) is 6.61 Å². The summed E-state index contributed by atoms with van der Waals surface area (Å²) in [6, 6.07) is 6.36. The lowest BCUT2D eigenvalue weighted by Gasteiger charge is -2.22. The molecule has 1 aromatic carbocycles. The standard InChI is InChI=1S/C15H15F3N2O2/c1-14(9-19,10-5-6-10)20-13(21)8-22-12-4-2-3-11(7-12)15(16,17)18/h2-4,7,10H,5-6,8H2,1H3,(H,20,21)/t14-/m0/s1. The largest absolute Gasteiger partial charge is 0.484 e. The average Bonchev–Trinajstić information content (AvgIpc) is 3.29. The van der Waals surface area contributed by atoms with Crippen molar-refractivity contribution in [2.24, 2.45) is 5.92 Å². The molecule has 0 bridgehead atoms. The summed E-state index contributed by atoms with van der Waals surface area (Å²) in [5.41, 5.74) is -1.79. The number of nitriles is 1. The van der Waals surface area contributed by atoms with E-state index in [0.29, 0.717) is 0 Å². The number of rotatable bonds is 5. The maximum absolute atomic E-state index is 12.6. The minimum Gasteiger partial charge on any atom is -0.484 e. The molecule has 0 aromatic heterocycles. The van der Waals surface area contributed by atoms with Crippen LogP contribution in [0, 0.1) is 17.2 Å². The van der Waals surface area contributed by atoms with Gasteiger partial charge < -0.3 is 10.1 Å². The summed E-state index contributed by atoms with van der Waals surface area (Å²) in [7, 11) is 0. The van der Waals surface area contributed by atoms with Crippen molar-refractivity contribution < 1.29 is 22.7 Å². The minimum absolute atomic E-state index is 0.0462. The molecule has 0 heterocycles. The van der Waals surface area contributed by atoms with Gasteiger partial charge in [-0.05, 0) is 43.9 Å². The van der Waals surface area contributed by atoms with Crippen LogP contribution in [0.15, 0.2) is 24.3 Å². The molecule has 1 amide bonds. The summed E-state index contributed by atoms with van der Waals surface area (Å²) >= 11 is 0. The van der Waals surface area contributed by atoms with Gasteiger partial charge in [0.2, 0.25) is 0 Å². The molecule has 0 unspecified atom stereocenters. The summed E-state index contributed by atoms with van der Waals surface area (Å²) in [6.07, 6.45) is -2.72. The number of hydrogen-bond donors (Lipinski definition) is 1. The lowest BCUT2D eigenvalue weighted by atomic mass is 9.98. The normalized spacial score (nSPS) is 17.2. The fourth-order valence-corrected chi connectivity index (χ4v) is 2.12. The highest BCUT2D eigenvalue weighted by Crippen LogP contribution is 2.39. The van der Waals surface area contributed by atoms with Gasteiger partial charge in [-0.25, -0.2) is 0 Å². The lowest BCUT2D eigenvalue weighted by molar-refractivity contribution is -0.137. The van der Waals surface area contributed by atoms with Crippen molar-refractivity contribution in [1.82, 2.24) is 5.32 Å². The fraction of sp³-hybridized carbons (Fsp3) is 0.467. The molecule has 7 heteroatoms. The Balaban J connectivity index is 1.93. The molecule has 1 aliphatic carbocycles. The van der Waals surface area contributed by atoms with Crippen molar-refractivity contribution in [3.63, 3.8) is 0 Å². The Hall–Kier alpha value is -2.23. The average molecular weight is 312 g/mol. The SMILES string of the molecule is C[C@@](C#N)(NC(=O)COc1cccc(C(F)(F)F)c1)C1CC1. The number of benzene rings is 1. The summed E-state index contributed by atoms with van der Waals surface area (Å²) in [4.78, 5) is 11.8. The lowest BCUT2D eigenvalue weighted by Crippen LogP contribution is -2.48. The van der Waals surface area contributed by atoms with E-state index < -0.39 is 29.8 Å². The number of amides is 1. The second kappa shape index (κ2) is 5.87. The minimum atomic E-state index is -4.47. The summed E-state index contributed by atoms with van der Waals surface area (Å²) in [6.45, 7) is 1.19. The van der Waals surface area contributed by atoms with Gasteiger partial charge in [-0.3, -0.25) is 4.79 Å². The van der Waals surface area contributed by atoms with Crippen molar-refractivity contribution in [2.45, 2.75) is 31.5 Å². The molecule has 0 spiro atoms. The van der Waals surface area contributed by atoms with Gasteiger partial charge in [0, 0.05) is 0 Å². The Kier molecular flexibility index (Phi) is 4.31. The number of hydrogen-bond acceptors (Lipinski definition) is 3. The van der Waals surface area contributed by atoms with Crippen molar-refractivity contribution in [3.05, 3.63) is 29.8 Å². The third-order valence-corrected chi connectivity index (χ3v) is 3.56. The highest BCUT2D eigenvalue weighted by molar-refractivity contribution is 5.79. The van der Waals surface area contributed by atoms with Crippen LogP contribution in [0.3, 0.4) is 0 Å². The number of halogens is 3. The smallest absolute Gasteiger partial charge is 0.416 e. The first-order valence-electron chi connectivity index (χ1n) is 6.77. The van der Waals surface area contributed by atoms with Gasteiger partial charge in [0.1, 0.15) is 11.3 Å². The van der Waals surface area contributed by atoms with Crippen LogP contribution in [-0.4, -0.2) is 18.1 Å². The van der Waals surface area contributed by atoms with E-state index in [9.17, 15) is 18.0 Å². The number of nitrogens with one attached hydrogen (secondary N) is 1. The maximum Gasteiger partial charge on any atom is 0.416 e. The van der Waals surface area contributed by atoms with Gasteiger partial charge in [-0.2, -0.15) is 18.4 Å². The van der Waals surface area contributed by atoms with E-state index in [1.807, 2.05) is 0 Å². The van der Waals surface area contributed by atoms with E-state index >= 15 is 0 Å². The van der Waals surface area contributed by atoms with Gasteiger partial charge in [0.25, 0.3) is 5.91 Å². The summed E-state index contributed by atoms with van der Waals surface area (Å²) in [5, 5.41) is 11.7.